The van der Waals surface area contributed by atoms with Crippen molar-refractivity contribution in [3.8, 4) is 0 Å². The SMILES string of the molecule is CCNc1ncccc1S(=O)(=O)N(C)CCN1CCCC1. The molecule has 0 amide bonds. The molecule has 0 spiro atoms. The van der Waals surface area contributed by atoms with Crippen LogP contribution < -0.4 is 5.32 Å². The van der Waals surface area contributed by atoms with Crippen LogP contribution in [0.25, 0.3) is 0 Å². The fourth-order valence-corrected chi connectivity index (χ4v) is 3.75. The largest absolute Gasteiger partial charge is 0.369 e. The van der Waals surface area contributed by atoms with Gasteiger partial charge in [0.25, 0.3) is 0 Å². The van der Waals surface area contributed by atoms with E-state index < -0.39 is 10.0 Å². The Balaban J connectivity index is 2.09. The fourth-order valence-electron chi connectivity index (χ4n) is 2.48. The minimum Gasteiger partial charge on any atom is -0.369 e. The average molecular weight is 312 g/mol. The Hall–Kier alpha value is -1.18. The van der Waals surface area contributed by atoms with Gasteiger partial charge in [-0.2, -0.15) is 4.31 Å². The van der Waals surface area contributed by atoms with Gasteiger partial charge in [-0.3, -0.25) is 0 Å². The van der Waals surface area contributed by atoms with Gasteiger partial charge in [0.05, 0.1) is 0 Å². The van der Waals surface area contributed by atoms with E-state index in [1.54, 1.807) is 25.4 Å². The van der Waals surface area contributed by atoms with Crippen molar-refractivity contribution in [2.45, 2.75) is 24.7 Å². The van der Waals surface area contributed by atoms with Crippen molar-refractivity contribution in [2.75, 3.05) is 45.1 Å². The van der Waals surface area contributed by atoms with Gasteiger partial charge in [0.15, 0.2) is 0 Å². The van der Waals surface area contributed by atoms with Gasteiger partial charge in [-0.1, -0.05) is 0 Å². The molecule has 1 saturated heterocycles. The van der Waals surface area contributed by atoms with Gasteiger partial charge in [-0.05, 0) is 45.0 Å². The minimum absolute atomic E-state index is 0.246. The van der Waals surface area contributed by atoms with Crippen molar-refractivity contribution in [3.63, 3.8) is 0 Å². The van der Waals surface area contributed by atoms with E-state index in [9.17, 15) is 8.42 Å². The molecule has 0 bridgehead atoms. The topological polar surface area (TPSA) is 65.5 Å². The molecule has 1 fully saturated rings. The maximum Gasteiger partial charge on any atom is 0.246 e. The van der Waals surface area contributed by atoms with Crippen LogP contribution >= 0.6 is 0 Å². The van der Waals surface area contributed by atoms with E-state index >= 15 is 0 Å². The van der Waals surface area contributed by atoms with Crippen LogP contribution in [0.2, 0.25) is 0 Å². The Labute approximate surface area is 127 Å². The Morgan fingerprint density at radius 2 is 2.10 bits per heavy atom. The summed E-state index contributed by atoms with van der Waals surface area (Å²) in [4.78, 5) is 6.68. The molecule has 2 rings (SSSR count). The third-order valence-corrected chi connectivity index (χ3v) is 5.62. The minimum atomic E-state index is -3.50. The number of rotatable bonds is 7. The van der Waals surface area contributed by atoms with Crippen LogP contribution in [0.3, 0.4) is 0 Å². The molecule has 21 heavy (non-hydrogen) atoms. The van der Waals surface area contributed by atoms with Crippen LogP contribution in [-0.4, -0.2) is 62.4 Å². The quantitative estimate of drug-likeness (QED) is 0.820. The number of aromatic nitrogens is 1. The van der Waals surface area contributed by atoms with E-state index in [2.05, 4.69) is 15.2 Å². The third-order valence-electron chi connectivity index (χ3n) is 3.73. The lowest BCUT2D eigenvalue weighted by Crippen LogP contribution is -2.35. The lowest BCUT2D eigenvalue weighted by Gasteiger charge is -2.22. The first-order valence-electron chi connectivity index (χ1n) is 7.43. The van der Waals surface area contributed by atoms with Gasteiger partial charge in [-0.25, -0.2) is 13.4 Å². The summed E-state index contributed by atoms with van der Waals surface area (Å²) in [6, 6.07) is 3.26. The van der Waals surface area contributed by atoms with Crippen molar-refractivity contribution in [1.82, 2.24) is 14.2 Å². The molecule has 0 aromatic carbocycles. The molecular weight excluding hydrogens is 288 g/mol. The van der Waals surface area contributed by atoms with Crippen molar-refractivity contribution in [3.05, 3.63) is 18.3 Å². The number of nitrogens with one attached hydrogen (secondary N) is 1. The Morgan fingerprint density at radius 3 is 2.76 bits per heavy atom. The van der Waals surface area contributed by atoms with Crippen LogP contribution in [0.1, 0.15) is 19.8 Å². The predicted molar refractivity (Wildman–Crippen MR) is 83.9 cm³/mol. The Morgan fingerprint density at radius 1 is 1.38 bits per heavy atom. The molecule has 1 N–H and O–H groups in total. The highest BCUT2D eigenvalue weighted by Gasteiger charge is 2.25. The summed E-state index contributed by atoms with van der Waals surface area (Å²) in [5.41, 5.74) is 0. The number of hydrogen-bond donors (Lipinski definition) is 1. The van der Waals surface area contributed by atoms with E-state index in [-0.39, 0.29) is 4.90 Å². The zero-order valence-corrected chi connectivity index (χ0v) is 13.6. The van der Waals surface area contributed by atoms with Crippen LogP contribution in [-0.2, 0) is 10.0 Å². The van der Waals surface area contributed by atoms with Crippen molar-refractivity contribution in [2.24, 2.45) is 0 Å². The molecule has 0 radical (unpaired) electrons. The molecule has 1 aliphatic rings. The normalized spacial score (nSPS) is 16.5. The maximum absolute atomic E-state index is 12.7. The lowest BCUT2D eigenvalue weighted by atomic mass is 10.4. The van der Waals surface area contributed by atoms with Gasteiger partial charge < -0.3 is 10.2 Å². The van der Waals surface area contributed by atoms with Crippen molar-refractivity contribution < 1.29 is 8.42 Å². The Bertz CT molecular complexity index is 556. The summed E-state index contributed by atoms with van der Waals surface area (Å²) in [7, 11) is -1.87. The van der Waals surface area contributed by atoms with E-state index in [0.29, 0.717) is 18.9 Å². The predicted octanol–water partition coefficient (Wildman–Crippen LogP) is 1.23. The van der Waals surface area contributed by atoms with Crippen LogP contribution in [0.4, 0.5) is 5.82 Å². The molecule has 2 heterocycles. The average Bonchev–Trinajstić information content (AvgIpc) is 2.98. The monoisotopic (exact) mass is 312 g/mol. The summed E-state index contributed by atoms with van der Waals surface area (Å²) < 4.78 is 26.7. The molecular formula is C14H24N4O2S. The lowest BCUT2D eigenvalue weighted by molar-refractivity contribution is 0.310. The van der Waals surface area contributed by atoms with E-state index in [4.69, 9.17) is 0 Å². The van der Waals surface area contributed by atoms with Gasteiger partial charge in [0, 0.05) is 32.9 Å². The highest BCUT2D eigenvalue weighted by molar-refractivity contribution is 7.89. The zero-order valence-electron chi connectivity index (χ0n) is 12.7. The molecule has 0 atom stereocenters. The molecule has 0 unspecified atom stereocenters. The second kappa shape index (κ2) is 7.20. The van der Waals surface area contributed by atoms with Gasteiger partial charge in [0.2, 0.25) is 10.0 Å². The smallest absolute Gasteiger partial charge is 0.246 e. The van der Waals surface area contributed by atoms with Crippen molar-refractivity contribution in [1.29, 1.82) is 0 Å². The fraction of sp³-hybridized carbons (Fsp3) is 0.643. The number of hydrogen-bond acceptors (Lipinski definition) is 5. The number of likely N-dealkylation sites (N-methyl/N-ethyl adjacent to an activating group) is 1. The van der Waals surface area contributed by atoms with Crippen molar-refractivity contribution >= 4 is 15.8 Å². The summed E-state index contributed by atoms with van der Waals surface area (Å²) in [5.74, 6) is 0.424. The molecule has 1 aromatic rings. The Kier molecular flexibility index (Phi) is 5.55. The van der Waals surface area contributed by atoms with Gasteiger partial charge in [0.1, 0.15) is 10.7 Å². The first-order valence-corrected chi connectivity index (χ1v) is 8.87. The summed E-state index contributed by atoms with van der Waals surface area (Å²) >= 11 is 0. The molecule has 1 aromatic heterocycles. The van der Waals surface area contributed by atoms with Crippen LogP contribution in [0.5, 0.6) is 0 Å². The van der Waals surface area contributed by atoms with Crippen LogP contribution in [0, 0.1) is 0 Å². The van der Waals surface area contributed by atoms with E-state index in [1.165, 1.54) is 17.1 Å². The number of likely N-dealkylation sites (tertiary alicyclic amines) is 1. The third kappa shape index (κ3) is 3.93. The van der Waals surface area contributed by atoms with E-state index in [1.807, 2.05) is 6.92 Å². The van der Waals surface area contributed by atoms with Gasteiger partial charge >= 0.3 is 0 Å². The standard InChI is InChI=1S/C14H24N4O2S/c1-3-15-14-13(7-6-8-16-14)21(19,20)17(2)11-12-18-9-4-5-10-18/h6-8H,3-5,9-12H2,1-2H3,(H,15,16). The molecule has 0 saturated carbocycles. The first-order chi connectivity index (χ1) is 10.1. The van der Waals surface area contributed by atoms with Gasteiger partial charge in [-0.15, -0.1) is 0 Å². The van der Waals surface area contributed by atoms with E-state index in [0.717, 1.165) is 19.6 Å². The molecule has 0 aliphatic carbocycles. The summed E-state index contributed by atoms with van der Waals surface area (Å²) in [5, 5.41) is 3.01. The van der Waals surface area contributed by atoms with Crippen LogP contribution in [0.15, 0.2) is 23.2 Å². The maximum atomic E-state index is 12.7. The molecule has 118 valence electrons. The molecule has 1 aliphatic heterocycles. The first kappa shape index (κ1) is 16.2. The highest BCUT2D eigenvalue weighted by atomic mass is 32.2. The summed E-state index contributed by atoms with van der Waals surface area (Å²) in [6.45, 7) is 5.99. The summed E-state index contributed by atoms with van der Waals surface area (Å²) in [6.07, 6.45) is 4.02. The number of nitrogens with zero attached hydrogens (tertiary/aromatic N) is 3. The number of pyridine rings is 1. The zero-order chi connectivity index (χ0) is 15.3. The molecule has 6 nitrogen and oxygen atoms in total. The second-order valence-corrected chi connectivity index (χ2v) is 7.27. The highest BCUT2D eigenvalue weighted by Crippen LogP contribution is 2.21. The number of anilines is 1. The molecule has 7 heteroatoms. The number of sulfonamides is 1. The second-order valence-electron chi connectivity index (χ2n) is 5.26.